The molecule has 0 amide bonds. The van der Waals surface area contributed by atoms with E-state index in [2.05, 4.69) is 28.5 Å². The fourth-order valence-electron chi connectivity index (χ4n) is 3.05. The van der Waals surface area contributed by atoms with Crippen LogP contribution in [0.1, 0.15) is 30.9 Å². The molecule has 1 fully saturated rings. The van der Waals surface area contributed by atoms with Gasteiger partial charge in [0.05, 0.1) is 39.0 Å². The van der Waals surface area contributed by atoms with Crippen LogP contribution in [0.2, 0.25) is 0 Å². The van der Waals surface area contributed by atoms with Gasteiger partial charge in [0.1, 0.15) is 11.5 Å². The fraction of sp³-hybridized carbons (Fsp3) is 0.750. The number of morpholine rings is 1. The van der Waals surface area contributed by atoms with E-state index in [0.29, 0.717) is 26.4 Å². The second-order valence-electron chi connectivity index (χ2n) is 6.72. The first-order valence-corrected chi connectivity index (χ1v) is 10.2. The van der Waals surface area contributed by atoms with Gasteiger partial charge < -0.3 is 29.3 Å². The number of halogens is 1. The highest BCUT2D eigenvalue weighted by atomic mass is 127. The van der Waals surface area contributed by atoms with Crippen LogP contribution in [0.5, 0.6) is 0 Å². The summed E-state index contributed by atoms with van der Waals surface area (Å²) in [5.74, 6) is 2.71. The van der Waals surface area contributed by atoms with Crippen molar-refractivity contribution in [3.8, 4) is 0 Å². The van der Waals surface area contributed by atoms with Crippen LogP contribution in [0.25, 0.3) is 0 Å². The molecule has 0 spiro atoms. The van der Waals surface area contributed by atoms with Crippen molar-refractivity contribution in [2.24, 2.45) is 4.99 Å². The van der Waals surface area contributed by atoms with E-state index in [1.54, 1.807) is 7.11 Å². The van der Waals surface area contributed by atoms with E-state index >= 15 is 0 Å². The molecule has 1 unspecified atom stereocenters. The average Bonchev–Trinajstić information content (AvgIpc) is 3.14. The quantitative estimate of drug-likeness (QED) is 0.188. The van der Waals surface area contributed by atoms with Gasteiger partial charge in [-0.3, -0.25) is 9.89 Å². The van der Waals surface area contributed by atoms with Crippen LogP contribution in [0.15, 0.2) is 21.5 Å². The SMILES string of the molecule is CCNC(=NCC(c1ccc(C)o1)N1CCOCC1)NCCCOCCOC.I. The van der Waals surface area contributed by atoms with Gasteiger partial charge in [0.15, 0.2) is 5.96 Å². The van der Waals surface area contributed by atoms with E-state index in [-0.39, 0.29) is 30.0 Å². The van der Waals surface area contributed by atoms with E-state index < -0.39 is 0 Å². The van der Waals surface area contributed by atoms with Crippen molar-refractivity contribution >= 4 is 29.9 Å². The molecule has 0 aliphatic carbocycles. The molecule has 1 aliphatic heterocycles. The number of furan rings is 1. The first-order valence-electron chi connectivity index (χ1n) is 10.2. The maximum Gasteiger partial charge on any atom is 0.191 e. The Balaban J connectivity index is 0.00000420. The molecule has 0 radical (unpaired) electrons. The normalized spacial score (nSPS) is 16.3. The lowest BCUT2D eigenvalue weighted by molar-refractivity contribution is 0.0135. The molecule has 9 heteroatoms. The van der Waals surface area contributed by atoms with Gasteiger partial charge in [-0.25, -0.2) is 0 Å². The lowest BCUT2D eigenvalue weighted by atomic mass is 10.1. The van der Waals surface area contributed by atoms with Crippen molar-refractivity contribution in [3.63, 3.8) is 0 Å². The van der Waals surface area contributed by atoms with Gasteiger partial charge in [-0.1, -0.05) is 0 Å². The van der Waals surface area contributed by atoms with Crippen LogP contribution in [0, 0.1) is 6.92 Å². The van der Waals surface area contributed by atoms with Crippen molar-refractivity contribution in [2.75, 3.05) is 72.9 Å². The summed E-state index contributed by atoms with van der Waals surface area (Å²) in [7, 11) is 1.68. The zero-order chi connectivity index (χ0) is 20.0. The Morgan fingerprint density at radius 1 is 1.21 bits per heavy atom. The molecule has 0 bridgehead atoms. The maximum absolute atomic E-state index is 5.92. The molecule has 29 heavy (non-hydrogen) atoms. The molecule has 2 rings (SSSR count). The van der Waals surface area contributed by atoms with Gasteiger partial charge in [-0.2, -0.15) is 0 Å². The van der Waals surface area contributed by atoms with Gasteiger partial charge in [-0.05, 0) is 32.4 Å². The van der Waals surface area contributed by atoms with Crippen molar-refractivity contribution in [3.05, 3.63) is 23.7 Å². The Labute approximate surface area is 191 Å². The summed E-state index contributed by atoms with van der Waals surface area (Å²) in [6.07, 6.45) is 0.915. The molecule has 1 atom stereocenters. The summed E-state index contributed by atoms with van der Waals surface area (Å²) >= 11 is 0. The highest BCUT2D eigenvalue weighted by Crippen LogP contribution is 2.24. The van der Waals surface area contributed by atoms with Crippen LogP contribution in [-0.2, 0) is 14.2 Å². The van der Waals surface area contributed by atoms with Crippen LogP contribution >= 0.6 is 24.0 Å². The highest BCUT2D eigenvalue weighted by molar-refractivity contribution is 14.0. The third-order valence-electron chi connectivity index (χ3n) is 4.53. The number of aryl methyl sites for hydroxylation is 1. The topological polar surface area (TPSA) is 80.5 Å². The molecule has 1 aromatic heterocycles. The van der Waals surface area contributed by atoms with E-state index in [1.807, 2.05) is 13.0 Å². The van der Waals surface area contributed by atoms with Crippen molar-refractivity contribution in [1.82, 2.24) is 15.5 Å². The van der Waals surface area contributed by atoms with Crippen LogP contribution < -0.4 is 10.6 Å². The number of methoxy groups -OCH3 is 1. The van der Waals surface area contributed by atoms with Crippen LogP contribution in [0.3, 0.4) is 0 Å². The molecule has 1 aromatic rings. The Morgan fingerprint density at radius 2 is 2.00 bits per heavy atom. The van der Waals surface area contributed by atoms with Crippen LogP contribution in [-0.4, -0.2) is 83.7 Å². The number of guanidine groups is 1. The molecule has 8 nitrogen and oxygen atoms in total. The smallest absolute Gasteiger partial charge is 0.191 e. The zero-order valence-corrected chi connectivity index (χ0v) is 20.3. The third kappa shape index (κ3) is 10.1. The average molecular weight is 524 g/mol. The van der Waals surface area contributed by atoms with Gasteiger partial charge in [0, 0.05) is 39.9 Å². The Bertz CT molecular complexity index is 564. The second-order valence-corrected chi connectivity index (χ2v) is 6.72. The minimum atomic E-state index is 0. The molecule has 1 saturated heterocycles. The first-order chi connectivity index (χ1) is 13.7. The fourth-order valence-corrected chi connectivity index (χ4v) is 3.05. The summed E-state index contributed by atoms with van der Waals surface area (Å²) in [5.41, 5.74) is 0. The van der Waals surface area contributed by atoms with Gasteiger partial charge in [0.2, 0.25) is 0 Å². The zero-order valence-electron chi connectivity index (χ0n) is 17.9. The summed E-state index contributed by atoms with van der Waals surface area (Å²) in [6, 6.07) is 4.19. The number of rotatable bonds is 12. The standard InChI is InChI=1S/C20H36N4O4.HI/c1-4-21-20(22-8-5-11-26-15-14-25-3)23-16-18(19-7-6-17(2)28-19)24-9-12-27-13-10-24;/h6-7,18H,4-5,8-16H2,1-3H3,(H2,21,22,23);1H. The second kappa shape index (κ2) is 15.9. The molecule has 1 aliphatic rings. The van der Waals surface area contributed by atoms with Gasteiger partial charge in [-0.15, -0.1) is 24.0 Å². The van der Waals surface area contributed by atoms with E-state index in [0.717, 1.165) is 63.3 Å². The predicted molar refractivity (Wildman–Crippen MR) is 125 cm³/mol. The lowest BCUT2D eigenvalue weighted by Gasteiger charge is -2.32. The Morgan fingerprint density at radius 3 is 2.66 bits per heavy atom. The molecule has 2 heterocycles. The number of nitrogens with one attached hydrogen (secondary N) is 2. The minimum absolute atomic E-state index is 0. The monoisotopic (exact) mass is 524 g/mol. The van der Waals surface area contributed by atoms with Crippen LogP contribution in [0.4, 0.5) is 0 Å². The molecule has 168 valence electrons. The Kier molecular flexibility index (Phi) is 14.3. The minimum Gasteiger partial charge on any atom is -0.465 e. The summed E-state index contributed by atoms with van der Waals surface area (Å²) in [6.45, 7) is 11.6. The van der Waals surface area contributed by atoms with Crippen molar-refractivity contribution < 1.29 is 18.6 Å². The summed E-state index contributed by atoms with van der Waals surface area (Å²) in [4.78, 5) is 7.20. The van der Waals surface area contributed by atoms with Crippen molar-refractivity contribution in [1.29, 1.82) is 0 Å². The predicted octanol–water partition coefficient (Wildman–Crippen LogP) is 2.19. The molecular weight excluding hydrogens is 487 g/mol. The number of aliphatic imine (C=N–C) groups is 1. The molecular formula is C20H37IN4O4. The third-order valence-corrected chi connectivity index (χ3v) is 4.53. The number of ether oxygens (including phenoxy) is 3. The largest absolute Gasteiger partial charge is 0.465 e. The number of nitrogens with zero attached hydrogens (tertiary/aromatic N) is 2. The van der Waals surface area contributed by atoms with Crippen molar-refractivity contribution in [2.45, 2.75) is 26.3 Å². The summed E-state index contributed by atoms with van der Waals surface area (Å²) < 4.78 is 21.9. The van der Waals surface area contributed by atoms with E-state index in [1.165, 1.54) is 0 Å². The van der Waals surface area contributed by atoms with Gasteiger partial charge in [0.25, 0.3) is 0 Å². The lowest BCUT2D eigenvalue weighted by Crippen LogP contribution is -2.42. The Hall–Kier alpha value is -0.880. The summed E-state index contributed by atoms with van der Waals surface area (Å²) in [5, 5.41) is 6.69. The van der Waals surface area contributed by atoms with E-state index in [4.69, 9.17) is 23.6 Å². The number of hydrogen-bond acceptors (Lipinski definition) is 6. The van der Waals surface area contributed by atoms with E-state index in [9.17, 15) is 0 Å². The molecule has 0 aromatic carbocycles. The van der Waals surface area contributed by atoms with Gasteiger partial charge >= 0.3 is 0 Å². The maximum atomic E-state index is 5.92. The highest BCUT2D eigenvalue weighted by Gasteiger charge is 2.25. The first kappa shape index (κ1) is 26.2. The number of hydrogen-bond donors (Lipinski definition) is 2. The molecule has 0 saturated carbocycles. The molecule has 2 N–H and O–H groups in total.